The van der Waals surface area contributed by atoms with E-state index in [1.165, 1.54) is 18.2 Å². The monoisotopic (exact) mass is 378 g/mol. The summed E-state index contributed by atoms with van der Waals surface area (Å²) in [7, 11) is 0. The zero-order valence-electron chi connectivity index (χ0n) is 11.0. The van der Waals surface area contributed by atoms with Crippen LogP contribution in [0.5, 0.6) is 0 Å². The van der Waals surface area contributed by atoms with Crippen molar-refractivity contribution >= 4 is 55.4 Å². The lowest BCUT2D eigenvalue weighted by atomic mass is 10.0. The molecule has 110 valence electrons. The van der Waals surface area contributed by atoms with E-state index in [-0.39, 0.29) is 22.2 Å². The van der Waals surface area contributed by atoms with Crippen molar-refractivity contribution in [1.82, 2.24) is 0 Å². The van der Waals surface area contributed by atoms with Crippen LogP contribution in [-0.2, 0) is 4.79 Å². The van der Waals surface area contributed by atoms with Crippen LogP contribution in [0.1, 0.15) is 11.1 Å². The van der Waals surface area contributed by atoms with E-state index in [1.807, 2.05) is 0 Å². The van der Waals surface area contributed by atoms with Gasteiger partial charge in [-0.2, -0.15) is 0 Å². The Bertz CT molecular complexity index is 831. The molecule has 0 bridgehead atoms. The van der Waals surface area contributed by atoms with E-state index < -0.39 is 4.92 Å². The predicted octanol–water partition coefficient (Wildman–Crippen LogP) is 4.42. The predicted molar refractivity (Wildman–Crippen MR) is 88.5 cm³/mol. The molecule has 0 radical (unpaired) electrons. The van der Waals surface area contributed by atoms with Crippen LogP contribution in [0.3, 0.4) is 0 Å². The average Bonchev–Trinajstić information content (AvgIpc) is 2.82. The zero-order chi connectivity index (χ0) is 15.9. The number of nitrogens with zero attached hydrogens (tertiary/aromatic N) is 1. The molecule has 1 heterocycles. The maximum Gasteiger partial charge on any atom is 0.270 e. The molecular formula is C15H8BrClN2O3. The van der Waals surface area contributed by atoms with Crippen molar-refractivity contribution in [2.75, 3.05) is 5.32 Å². The fraction of sp³-hybridized carbons (Fsp3) is 0. The Morgan fingerprint density at radius 2 is 1.86 bits per heavy atom. The summed E-state index contributed by atoms with van der Waals surface area (Å²) >= 11 is 9.68. The molecule has 5 nitrogen and oxygen atoms in total. The third kappa shape index (κ3) is 2.51. The Morgan fingerprint density at radius 3 is 2.50 bits per heavy atom. The van der Waals surface area contributed by atoms with E-state index in [0.717, 1.165) is 4.47 Å². The zero-order valence-corrected chi connectivity index (χ0v) is 13.3. The first-order valence-corrected chi connectivity index (χ1v) is 7.40. The number of benzene rings is 2. The number of rotatable bonds is 2. The van der Waals surface area contributed by atoms with Crippen molar-refractivity contribution in [2.45, 2.75) is 0 Å². The SMILES string of the molecule is O=C1Nc2ccc([N+](=O)[O-])cc2C1=C(Cl)c1ccc(Br)cc1. The van der Waals surface area contributed by atoms with Gasteiger partial charge in [-0.05, 0) is 23.8 Å². The van der Waals surface area contributed by atoms with Crippen molar-refractivity contribution in [3.63, 3.8) is 0 Å². The molecule has 0 atom stereocenters. The second kappa shape index (κ2) is 5.55. The number of hydrogen-bond acceptors (Lipinski definition) is 3. The summed E-state index contributed by atoms with van der Waals surface area (Å²) < 4.78 is 0.887. The Balaban J connectivity index is 2.18. The quantitative estimate of drug-likeness (QED) is 0.477. The molecule has 2 aromatic carbocycles. The molecule has 3 rings (SSSR count). The van der Waals surface area contributed by atoms with Crippen molar-refractivity contribution in [1.29, 1.82) is 0 Å². The second-order valence-corrected chi connectivity index (χ2v) is 5.93. The summed E-state index contributed by atoms with van der Waals surface area (Å²) in [6.45, 7) is 0. The van der Waals surface area contributed by atoms with Crippen LogP contribution in [0.15, 0.2) is 46.9 Å². The van der Waals surface area contributed by atoms with Gasteiger partial charge in [-0.1, -0.05) is 39.7 Å². The van der Waals surface area contributed by atoms with Gasteiger partial charge in [0.25, 0.3) is 11.6 Å². The van der Waals surface area contributed by atoms with E-state index in [2.05, 4.69) is 21.2 Å². The van der Waals surface area contributed by atoms with Gasteiger partial charge in [-0.3, -0.25) is 14.9 Å². The summed E-state index contributed by atoms with van der Waals surface area (Å²) in [5.41, 5.74) is 1.76. The van der Waals surface area contributed by atoms with Gasteiger partial charge in [0.15, 0.2) is 0 Å². The van der Waals surface area contributed by atoms with Crippen molar-refractivity contribution < 1.29 is 9.72 Å². The Kier molecular flexibility index (Phi) is 3.72. The Hall–Kier alpha value is -2.18. The molecule has 1 aliphatic rings. The third-order valence-corrected chi connectivity index (χ3v) is 4.21. The van der Waals surface area contributed by atoms with E-state index in [9.17, 15) is 14.9 Å². The van der Waals surface area contributed by atoms with Crippen LogP contribution >= 0.6 is 27.5 Å². The highest BCUT2D eigenvalue weighted by molar-refractivity contribution is 9.10. The second-order valence-electron chi connectivity index (χ2n) is 4.64. The first-order chi connectivity index (χ1) is 10.5. The number of carbonyl (C=O) groups excluding carboxylic acids is 1. The van der Waals surface area contributed by atoms with Gasteiger partial charge >= 0.3 is 0 Å². The third-order valence-electron chi connectivity index (χ3n) is 3.28. The number of nitro benzene ring substituents is 1. The van der Waals surface area contributed by atoms with E-state index in [4.69, 9.17) is 11.6 Å². The fourth-order valence-electron chi connectivity index (χ4n) is 2.23. The van der Waals surface area contributed by atoms with Gasteiger partial charge in [0, 0.05) is 27.9 Å². The molecule has 0 fully saturated rings. The molecule has 1 aliphatic heterocycles. The molecule has 22 heavy (non-hydrogen) atoms. The molecule has 0 aromatic heterocycles. The summed E-state index contributed by atoms with van der Waals surface area (Å²) in [6.07, 6.45) is 0. The minimum Gasteiger partial charge on any atom is -0.321 e. The lowest BCUT2D eigenvalue weighted by molar-refractivity contribution is -0.384. The number of nitrogens with one attached hydrogen (secondary N) is 1. The molecule has 1 N–H and O–H groups in total. The minimum atomic E-state index is -0.506. The highest BCUT2D eigenvalue weighted by Gasteiger charge is 2.29. The largest absolute Gasteiger partial charge is 0.321 e. The van der Waals surface area contributed by atoms with Gasteiger partial charge in [0.2, 0.25) is 0 Å². The summed E-state index contributed by atoms with van der Waals surface area (Å²) in [4.78, 5) is 22.6. The normalized spacial score (nSPS) is 15.3. The van der Waals surface area contributed by atoms with Gasteiger partial charge in [-0.25, -0.2) is 0 Å². The number of anilines is 1. The number of nitro groups is 1. The first-order valence-electron chi connectivity index (χ1n) is 6.23. The van der Waals surface area contributed by atoms with E-state index in [0.29, 0.717) is 16.8 Å². The topological polar surface area (TPSA) is 72.2 Å². The van der Waals surface area contributed by atoms with Crippen LogP contribution in [0, 0.1) is 10.1 Å². The fourth-order valence-corrected chi connectivity index (χ4v) is 2.81. The van der Waals surface area contributed by atoms with Crippen LogP contribution < -0.4 is 5.32 Å². The Morgan fingerprint density at radius 1 is 1.18 bits per heavy atom. The Labute approximate surface area is 138 Å². The number of amides is 1. The highest BCUT2D eigenvalue weighted by atomic mass is 79.9. The van der Waals surface area contributed by atoms with Crippen LogP contribution in [0.2, 0.25) is 0 Å². The maximum atomic E-state index is 12.2. The molecule has 0 saturated carbocycles. The van der Waals surface area contributed by atoms with Crippen LogP contribution in [0.4, 0.5) is 11.4 Å². The number of halogens is 2. The van der Waals surface area contributed by atoms with Gasteiger partial charge in [-0.15, -0.1) is 0 Å². The van der Waals surface area contributed by atoms with Crippen molar-refractivity contribution in [2.24, 2.45) is 0 Å². The van der Waals surface area contributed by atoms with E-state index >= 15 is 0 Å². The van der Waals surface area contributed by atoms with Crippen LogP contribution in [-0.4, -0.2) is 10.8 Å². The van der Waals surface area contributed by atoms with Gasteiger partial charge in [0.1, 0.15) is 0 Å². The highest BCUT2D eigenvalue weighted by Crippen LogP contribution is 2.40. The van der Waals surface area contributed by atoms with E-state index in [1.54, 1.807) is 24.3 Å². The number of fused-ring (bicyclic) bond motifs is 1. The number of non-ortho nitro benzene ring substituents is 1. The molecule has 7 heteroatoms. The average molecular weight is 380 g/mol. The molecule has 1 amide bonds. The van der Waals surface area contributed by atoms with Crippen molar-refractivity contribution in [3.05, 3.63) is 68.2 Å². The lowest BCUT2D eigenvalue weighted by Crippen LogP contribution is -2.04. The molecule has 0 saturated heterocycles. The molecular weight excluding hydrogens is 372 g/mol. The molecule has 0 aliphatic carbocycles. The lowest BCUT2D eigenvalue weighted by Gasteiger charge is -2.04. The first kappa shape index (κ1) is 14.7. The summed E-state index contributed by atoms with van der Waals surface area (Å²) in [5.74, 6) is -0.372. The molecule has 2 aromatic rings. The van der Waals surface area contributed by atoms with Crippen LogP contribution in [0.25, 0.3) is 10.6 Å². The summed E-state index contributed by atoms with van der Waals surface area (Å²) in [6, 6.07) is 11.3. The maximum absolute atomic E-state index is 12.2. The molecule has 0 spiro atoms. The van der Waals surface area contributed by atoms with Gasteiger partial charge < -0.3 is 5.32 Å². The smallest absolute Gasteiger partial charge is 0.270 e. The van der Waals surface area contributed by atoms with Gasteiger partial charge in [0.05, 0.1) is 15.5 Å². The minimum absolute atomic E-state index is 0.0898. The number of carbonyl (C=O) groups is 1. The standard InChI is InChI=1S/C15H8BrClN2O3/c16-9-3-1-8(2-4-9)14(17)13-11-7-10(19(21)22)5-6-12(11)18-15(13)20/h1-7H,(H,18,20). The summed E-state index contributed by atoms with van der Waals surface area (Å²) in [5, 5.41) is 13.8. The van der Waals surface area contributed by atoms with Crippen molar-refractivity contribution in [3.8, 4) is 0 Å². The number of hydrogen-bond donors (Lipinski definition) is 1. The molecule has 0 unspecified atom stereocenters.